The molecule has 0 saturated carbocycles. The summed E-state index contributed by atoms with van der Waals surface area (Å²) < 4.78 is 24.0. The SMILES string of the molecule is Cc1cc(C)c(C#N)c(NCC(F)F)n1. The Morgan fingerprint density at radius 3 is 2.73 bits per heavy atom. The van der Waals surface area contributed by atoms with Crippen molar-refractivity contribution in [2.45, 2.75) is 20.3 Å². The van der Waals surface area contributed by atoms with Gasteiger partial charge in [-0.3, -0.25) is 0 Å². The van der Waals surface area contributed by atoms with Gasteiger partial charge >= 0.3 is 0 Å². The third-order valence-corrected chi connectivity index (χ3v) is 1.88. The number of aromatic nitrogens is 1. The molecule has 80 valence electrons. The second-order valence-corrected chi connectivity index (χ2v) is 3.19. The van der Waals surface area contributed by atoms with Crippen LogP contribution in [0.3, 0.4) is 0 Å². The number of pyridine rings is 1. The summed E-state index contributed by atoms with van der Waals surface area (Å²) in [5.41, 5.74) is 1.76. The lowest BCUT2D eigenvalue weighted by Crippen LogP contribution is -2.13. The number of nitriles is 1. The minimum absolute atomic E-state index is 0.232. The van der Waals surface area contributed by atoms with E-state index in [2.05, 4.69) is 10.3 Å². The Morgan fingerprint density at radius 2 is 2.20 bits per heavy atom. The molecule has 0 saturated heterocycles. The number of alkyl halides is 2. The normalized spacial score (nSPS) is 10.1. The summed E-state index contributed by atoms with van der Waals surface area (Å²) in [6.45, 7) is 3.01. The Kier molecular flexibility index (Phi) is 3.56. The summed E-state index contributed by atoms with van der Waals surface area (Å²) in [5, 5.41) is 11.3. The molecule has 1 rings (SSSR count). The van der Waals surface area contributed by atoms with E-state index in [4.69, 9.17) is 5.26 Å². The van der Waals surface area contributed by atoms with Crippen LogP contribution >= 0.6 is 0 Å². The van der Waals surface area contributed by atoms with Crippen molar-refractivity contribution in [2.75, 3.05) is 11.9 Å². The fraction of sp³-hybridized carbons (Fsp3) is 0.400. The summed E-state index contributed by atoms with van der Waals surface area (Å²) in [7, 11) is 0. The van der Waals surface area contributed by atoms with Gasteiger partial charge in [0.2, 0.25) is 0 Å². The van der Waals surface area contributed by atoms with Crippen molar-refractivity contribution < 1.29 is 8.78 Å². The van der Waals surface area contributed by atoms with Crippen LogP contribution in [0.2, 0.25) is 0 Å². The summed E-state index contributed by atoms with van der Waals surface area (Å²) in [6, 6.07) is 3.69. The van der Waals surface area contributed by atoms with Crippen molar-refractivity contribution in [3.05, 3.63) is 22.9 Å². The smallest absolute Gasteiger partial charge is 0.255 e. The van der Waals surface area contributed by atoms with E-state index in [0.29, 0.717) is 11.3 Å². The highest BCUT2D eigenvalue weighted by Gasteiger charge is 2.10. The highest BCUT2D eigenvalue weighted by Crippen LogP contribution is 2.17. The van der Waals surface area contributed by atoms with Gasteiger partial charge < -0.3 is 5.32 Å². The summed E-state index contributed by atoms with van der Waals surface area (Å²) in [4.78, 5) is 4.01. The number of nitrogens with one attached hydrogen (secondary N) is 1. The Bertz CT molecular complexity index is 396. The topological polar surface area (TPSA) is 48.7 Å². The minimum Gasteiger partial charge on any atom is -0.363 e. The highest BCUT2D eigenvalue weighted by molar-refractivity contribution is 5.56. The highest BCUT2D eigenvalue weighted by atomic mass is 19.3. The first-order chi connectivity index (χ1) is 7.04. The molecule has 1 aromatic rings. The van der Waals surface area contributed by atoms with Crippen LogP contribution in [0, 0.1) is 25.2 Å². The fourth-order valence-corrected chi connectivity index (χ4v) is 1.28. The number of rotatable bonds is 3. The van der Waals surface area contributed by atoms with Gasteiger partial charge in [-0.25, -0.2) is 13.8 Å². The van der Waals surface area contributed by atoms with Crippen LogP contribution in [0.15, 0.2) is 6.07 Å². The molecule has 15 heavy (non-hydrogen) atoms. The number of anilines is 1. The monoisotopic (exact) mass is 211 g/mol. The number of aryl methyl sites for hydroxylation is 2. The van der Waals surface area contributed by atoms with Gasteiger partial charge in [-0.05, 0) is 25.5 Å². The van der Waals surface area contributed by atoms with E-state index in [0.717, 1.165) is 5.56 Å². The Labute approximate surface area is 86.7 Å². The standard InChI is InChI=1S/C10H11F2N3/c1-6-3-7(2)15-10(8(6)4-13)14-5-9(11)12/h3,9H,5H2,1-2H3,(H,14,15). The van der Waals surface area contributed by atoms with Crippen LogP contribution in [0.4, 0.5) is 14.6 Å². The molecule has 0 bridgehead atoms. The fourth-order valence-electron chi connectivity index (χ4n) is 1.28. The first-order valence-corrected chi connectivity index (χ1v) is 4.45. The number of nitrogens with zero attached hydrogens (tertiary/aromatic N) is 2. The minimum atomic E-state index is -2.46. The van der Waals surface area contributed by atoms with Crippen LogP contribution in [-0.4, -0.2) is 18.0 Å². The van der Waals surface area contributed by atoms with Crippen molar-refractivity contribution in [2.24, 2.45) is 0 Å². The van der Waals surface area contributed by atoms with Crippen LogP contribution < -0.4 is 5.32 Å². The molecule has 1 aromatic heterocycles. The van der Waals surface area contributed by atoms with E-state index >= 15 is 0 Å². The zero-order chi connectivity index (χ0) is 11.4. The van der Waals surface area contributed by atoms with E-state index in [1.165, 1.54) is 0 Å². The molecular weight excluding hydrogens is 200 g/mol. The summed E-state index contributed by atoms with van der Waals surface area (Å²) >= 11 is 0. The van der Waals surface area contributed by atoms with Gasteiger partial charge in [0.1, 0.15) is 11.9 Å². The van der Waals surface area contributed by atoms with Gasteiger partial charge in [0.15, 0.2) is 0 Å². The average molecular weight is 211 g/mol. The molecule has 5 heteroatoms. The lowest BCUT2D eigenvalue weighted by molar-refractivity contribution is 0.163. The van der Waals surface area contributed by atoms with Gasteiger partial charge in [0, 0.05) is 5.69 Å². The van der Waals surface area contributed by atoms with Crippen molar-refractivity contribution in [3.63, 3.8) is 0 Å². The molecule has 1 heterocycles. The zero-order valence-electron chi connectivity index (χ0n) is 8.51. The Morgan fingerprint density at radius 1 is 1.53 bits per heavy atom. The maximum absolute atomic E-state index is 12.0. The third-order valence-electron chi connectivity index (χ3n) is 1.88. The molecule has 0 atom stereocenters. The Hall–Kier alpha value is -1.70. The largest absolute Gasteiger partial charge is 0.363 e. The summed E-state index contributed by atoms with van der Waals surface area (Å²) in [5.74, 6) is 0.232. The quantitative estimate of drug-likeness (QED) is 0.834. The Balaban J connectivity index is 3.00. The molecule has 0 aromatic carbocycles. The molecule has 0 unspecified atom stereocenters. The molecule has 0 fully saturated rings. The van der Waals surface area contributed by atoms with E-state index in [1.54, 1.807) is 19.9 Å². The average Bonchev–Trinajstić information content (AvgIpc) is 2.13. The van der Waals surface area contributed by atoms with Crippen molar-refractivity contribution in [1.29, 1.82) is 5.26 Å². The molecule has 0 radical (unpaired) electrons. The molecular formula is C10H11F2N3. The van der Waals surface area contributed by atoms with Crippen molar-refractivity contribution >= 4 is 5.82 Å². The lowest BCUT2D eigenvalue weighted by atomic mass is 10.1. The van der Waals surface area contributed by atoms with E-state index in [-0.39, 0.29) is 5.82 Å². The van der Waals surface area contributed by atoms with Crippen molar-refractivity contribution in [1.82, 2.24) is 4.98 Å². The molecule has 0 amide bonds. The summed E-state index contributed by atoms with van der Waals surface area (Å²) in [6.07, 6.45) is -2.46. The van der Waals surface area contributed by atoms with Gasteiger partial charge in [-0.1, -0.05) is 0 Å². The van der Waals surface area contributed by atoms with Crippen LogP contribution in [0.5, 0.6) is 0 Å². The first kappa shape index (κ1) is 11.4. The zero-order valence-corrected chi connectivity index (χ0v) is 8.51. The molecule has 1 N–H and O–H groups in total. The number of hydrogen-bond donors (Lipinski definition) is 1. The van der Waals surface area contributed by atoms with Crippen LogP contribution in [-0.2, 0) is 0 Å². The van der Waals surface area contributed by atoms with E-state index in [9.17, 15) is 8.78 Å². The van der Waals surface area contributed by atoms with Crippen LogP contribution in [0.25, 0.3) is 0 Å². The number of hydrogen-bond acceptors (Lipinski definition) is 3. The van der Waals surface area contributed by atoms with E-state index in [1.807, 2.05) is 6.07 Å². The van der Waals surface area contributed by atoms with Gasteiger partial charge in [-0.15, -0.1) is 0 Å². The molecule has 0 aliphatic carbocycles. The predicted octanol–water partition coefficient (Wildman–Crippen LogP) is 2.25. The first-order valence-electron chi connectivity index (χ1n) is 4.45. The van der Waals surface area contributed by atoms with E-state index < -0.39 is 13.0 Å². The van der Waals surface area contributed by atoms with Gasteiger partial charge in [0.25, 0.3) is 6.43 Å². The molecule has 0 aliphatic heterocycles. The molecule has 0 spiro atoms. The second-order valence-electron chi connectivity index (χ2n) is 3.19. The lowest BCUT2D eigenvalue weighted by Gasteiger charge is -2.09. The second kappa shape index (κ2) is 4.69. The predicted molar refractivity (Wildman–Crippen MR) is 52.9 cm³/mol. The van der Waals surface area contributed by atoms with Crippen molar-refractivity contribution in [3.8, 4) is 6.07 Å². The van der Waals surface area contributed by atoms with Gasteiger partial charge in [-0.2, -0.15) is 5.26 Å². The van der Waals surface area contributed by atoms with Gasteiger partial charge in [0.05, 0.1) is 12.1 Å². The molecule has 3 nitrogen and oxygen atoms in total. The molecule has 0 aliphatic rings. The number of halogens is 2. The maximum Gasteiger partial charge on any atom is 0.255 e. The maximum atomic E-state index is 12.0. The third kappa shape index (κ3) is 2.88. The van der Waals surface area contributed by atoms with Crippen LogP contribution in [0.1, 0.15) is 16.8 Å².